The van der Waals surface area contributed by atoms with E-state index < -0.39 is 0 Å². The molecule has 0 unspecified atom stereocenters. The normalized spacial score (nSPS) is 14.4. The molecule has 29 heavy (non-hydrogen) atoms. The number of piperidine rings is 1. The zero-order valence-corrected chi connectivity index (χ0v) is 16.2. The summed E-state index contributed by atoms with van der Waals surface area (Å²) in [6.07, 6.45) is 7.18. The number of carbonyl (C=O) groups is 1. The zero-order chi connectivity index (χ0) is 19.9. The Kier molecular flexibility index (Phi) is 5.95. The van der Waals surface area contributed by atoms with Crippen LogP contribution < -0.4 is 15.5 Å². The van der Waals surface area contributed by atoms with Gasteiger partial charge in [0.25, 0.3) is 5.91 Å². The van der Waals surface area contributed by atoms with Crippen molar-refractivity contribution < 1.29 is 4.79 Å². The van der Waals surface area contributed by atoms with Crippen molar-refractivity contribution in [1.29, 1.82) is 0 Å². The average molecular weight is 388 g/mol. The van der Waals surface area contributed by atoms with E-state index in [0.29, 0.717) is 18.3 Å². The van der Waals surface area contributed by atoms with Gasteiger partial charge in [0, 0.05) is 50.0 Å². The maximum atomic E-state index is 12.4. The largest absolute Gasteiger partial charge is 0.382 e. The number of anilines is 2. The summed E-state index contributed by atoms with van der Waals surface area (Å²) in [5.41, 5.74) is 2.39. The standard InChI is InChI=1S/C22H24N6O/c29-21(26-16-17-5-2-1-3-6-17)20-15-19(7-12-23-20)27-18-8-13-28(14-9-18)22-24-10-4-11-25-22/h1-7,10-12,15,18H,8-9,13-14,16H2,(H,23,27)(H,26,29). The highest BCUT2D eigenvalue weighted by Crippen LogP contribution is 2.19. The molecule has 4 rings (SSSR count). The Hall–Kier alpha value is -3.48. The quantitative estimate of drug-likeness (QED) is 0.676. The van der Waals surface area contributed by atoms with Crippen LogP contribution in [0.15, 0.2) is 67.1 Å². The van der Waals surface area contributed by atoms with Gasteiger partial charge < -0.3 is 15.5 Å². The predicted octanol–water partition coefficient (Wildman–Crippen LogP) is 2.88. The van der Waals surface area contributed by atoms with E-state index in [1.165, 1.54) is 0 Å². The molecular formula is C22H24N6O. The third-order valence-electron chi connectivity index (χ3n) is 4.99. The number of carbonyl (C=O) groups excluding carboxylic acids is 1. The van der Waals surface area contributed by atoms with Crippen LogP contribution in [0.25, 0.3) is 0 Å². The Bertz CT molecular complexity index is 926. The van der Waals surface area contributed by atoms with Gasteiger partial charge in [0.15, 0.2) is 0 Å². The zero-order valence-electron chi connectivity index (χ0n) is 16.2. The summed E-state index contributed by atoms with van der Waals surface area (Å²) in [4.78, 5) is 27.5. The average Bonchev–Trinajstić information content (AvgIpc) is 2.79. The topological polar surface area (TPSA) is 83.0 Å². The van der Waals surface area contributed by atoms with Crippen molar-refractivity contribution in [3.8, 4) is 0 Å². The van der Waals surface area contributed by atoms with Gasteiger partial charge in [0.2, 0.25) is 5.95 Å². The molecule has 0 aliphatic carbocycles. The number of benzene rings is 1. The molecule has 1 fully saturated rings. The Morgan fingerprint density at radius 3 is 2.48 bits per heavy atom. The van der Waals surface area contributed by atoms with E-state index in [9.17, 15) is 4.79 Å². The van der Waals surface area contributed by atoms with Crippen LogP contribution >= 0.6 is 0 Å². The van der Waals surface area contributed by atoms with Crippen molar-refractivity contribution >= 4 is 17.5 Å². The second-order valence-electron chi connectivity index (χ2n) is 7.05. The van der Waals surface area contributed by atoms with Crippen LogP contribution in [-0.2, 0) is 6.54 Å². The molecule has 7 nitrogen and oxygen atoms in total. The molecule has 1 aliphatic heterocycles. The summed E-state index contributed by atoms with van der Waals surface area (Å²) in [6, 6.07) is 15.7. The first-order valence-electron chi connectivity index (χ1n) is 9.84. The third-order valence-corrected chi connectivity index (χ3v) is 4.99. The minimum absolute atomic E-state index is 0.173. The second kappa shape index (κ2) is 9.14. The summed E-state index contributed by atoms with van der Waals surface area (Å²) in [7, 11) is 0. The Morgan fingerprint density at radius 2 is 1.72 bits per heavy atom. The first-order valence-corrected chi connectivity index (χ1v) is 9.84. The number of rotatable bonds is 6. The number of aromatic nitrogens is 3. The molecule has 1 saturated heterocycles. The Labute approximate surface area is 170 Å². The summed E-state index contributed by atoms with van der Waals surface area (Å²) in [6.45, 7) is 2.29. The maximum Gasteiger partial charge on any atom is 0.270 e. The Balaban J connectivity index is 1.30. The van der Waals surface area contributed by atoms with Crippen molar-refractivity contribution in [1.82, 2.24) is 20.3 Å². The number of pyridine rings is 1. The van der Waals surface area contributed by atoms with Gasteiger partial charge in [-0.15, -0.1) is 0 Å². The van der Waals surface area contributed by atoms with Crippen LogP contribution in [-0.4, -0.2) is 40.0 Å². The lowest BCUT2D eigenvalue weighted by atomic mass is 10.0. The molecule has 7 heteroatoms. The number of hydrogen-bond acceptors (Lipinski definition) is 6. The van der Waals surface area contributed by atoms with E-state index in [1.807, 2.05) is 48.5 Å². The summed E-state index contributed by atoms with van der Waals surface area (Å²) >= 11 is 0. The lowest BCUT2D eigenvalue weighted by molar-refractivity contribution is 0.0946. The highest BCUT2D eigenvalue weighted by molar-refractivity contribution is 5.93. The fraction of sp³-hybridized carbons (Fsp3) is 0.273. The summed E-state index contributed by atoms with van der Waals surface area (Å²) in [5.74, 6) is 0.612. The molecule has 2 aromatic heterocycles. The predicted molar refractivity (Wildman–Crippen MR) is 113 cm³/mol. The fourth-order valence-electron chi connectivity index (χ4n) is 3.43. The molecule has 148 valence electrons. The van der Waals surface area contributed by atoms with Gasteiger partial charge >= 0.3 is 0 Å². The molecule has 1 aliphatic rings. The van der Waals surface area contributed by atoms with E-state index in [4.69, 9.17) is 0 Å². The molecule has 0 radical (unpaired) electrons. The number of nitrogens with zero attached hydrogens (tertiary/aromatic N) is 4. The Morgan fingerprint density at radius 1 is 0.966 bits per heavy atom. The van der Waals surface area contributed by atoms with Gasteiger partial charge in [-0.3, -0.25) is 9.78 Å². The van der Waals surface area contributed by atoms with Crippen LogP contribution in [0.4, 0.5) is 11.6 Å². The van der Waals surface area contributed by atoms with Crippen LogP contribution in [0.5, 0.6) is 0 Å². The van der Waals surface area contributed by atoms with Gasteiger partial charge in [-0.05, 0) is 36.6 Å². The van der Waals surface area contributed by atoms with Crippen LogP contribution in [0.1, 0.15) is 28.9 Å². The molecule has 1 aromatic carbocycles. The van der Waals surface area contributed by atoms with Crippen LogP contribution in [0.2, 0.25) is 0 Å². The molecule has 2 N–H and O–H groups in total. The first kappa shape index (κ1) is 18.9. The number of hydrogen-bond donors (Lipinski definition) is 2. The SMILES string of the molecule is O=C(NCc1ccccc1)c1cc(NC2CCN(c3ncccn3)CC2)ccn1. The maximum absolute atomic E-state index is 12.4. The summed E-state index contributed by atoms with van der Waals surface area (Å²) in [5, 5.41) is 6.45. The second-order valence-corrected chi connectivity index (χ2v) is 7.05. The smallest absolute Gasteiger partial charge is 0.270 e. The van der Waals surface area contributed by atoms with E-state index in [0.717, 1.165) is 43.1 Å². The van der Waals surface area contributed by atoms with E-state index >= 15 is 0 Å². The molecule has 0 bridgehead atoms. The van der Waals surface area contributed by atoms with Gasteiger partial charge in [-0.25, -0.2) is 9.97 Å². The minimum atomic E-state index is -0.173. The highest BCUT2D eigenvalue weighted by Gasteiger charge is 2.21. The molecule has 1 amide bonds. The van der Waals surface area contributed by atoms with E-state index in [-0.39, 0.29) is 5.91 Å². The van der Waals surface area contributed by atoms with E-state index in [2.05, 4.69) is 30.5 Å². The number of nitrogens with one attached hydrogen (secondary N) is 2. The van der Waals surface area contributed by atoms with Gasteiger partial charge in [0.05, 0.1) is 0 Å². The minimum Gasteiger partial charge on any atom is -0.382 e. The van der Waals surface area contributed by atoms with Crippen LogP contribution in [0, 0.1) is 0 Å². The van der Waals surface area contributed by atoms with E-state index in [1.54, 1.807) is 18.6 Å². The molecule has 3 aromatic rings. The third kappa shape index (κ3) is 5.07. The van der Waals surface area contributed by atoms with Crippen molar-refractivity contribution in [2.24, 2.45) is 0 Å². The van der Waals surface area contributed by atoms with Crippen molar-refractivity contribution in [3.05, 3.63) is 78.4 Å². The van der Waals surface area contributed by atoms with Gasteiger partial charge in [0.1, 0.15) is 5.69 Å². The summed E-state index contributed by atoms with van der Waals surface area (Å²) < 4.78 is 0. The fourth-order valence-corrected chi connectivity index (χ4v) is 3.43. The molecule has 0 spiro atoms. The monoisotopic (exact) mass is 388 g/mol. The molecule has 3 heterocycles. The van der Waals surface area contributed by atoms with Crippen LogP contribution in [0.3, 0.4) is 0 Å². The van der Waals surface area contributed by atoms with Gasteiger partial charge in [-0.1, -0.05) is 30.3 Å². The van der Waals surface area contributed by atoms with Crippen molar-refractivity contribution in [2.75, 3.05) is 23.3 Å². The van der Waals surface area contributed by atoms with Gasteiger partial charge in [-0.2, -0.15) is 0 Å². The van der Waals surface area contributed by atoms with Crippen molar-refractivity contribution in [3.63, 3.8) is 0 Å². The number of amides is 1. The molecular weight excluding hydrogens is 364 g/mol. The first-order chi connectivity index (χ1) is 14.3. The molecule has 0 saturated carbocycles. The van der Waals surface area contributed by atoms with Crippen molar-refractivity contribution in [2.45, 2.75) is 25.4 Å². The highest BCUT2D eigenvalue weighted by atomic mass is 16.1. The molecule has 0 atom stereocenters. The lowest BCUT2D eigenvalue weighted by Gasteiger charge is -2.32. The lowest BCUT2D eigenvalue weighted by Crippen LogP contribution is -2.40.